The number of furan rings is 1. The fraction of sp³-hybridized carbons (Fsp3) is 0.467. The molecule has 2 aromatic heterocycles. The summed E-state index contributed by atoms with van der Waals surface area (Å²) in [4.78, 5) is 22.1. The SMILES string of the molecule is Cc1cc(C=Nc2sc3c(c2C(=O)NCc2ccco2)CC[C@@H](C(C)(C)C)C3)ccc1N1CCCC1. The van der Waals surface area contributed by atoms with E-state index in [0.717, 1.165) is 54.2 Å². The number of hydrogen-bond donors (Lipinski definition) is 1. The minimum absolute atomic E-state index is 0.0641. The second kappa shape index (κ2) is 10.3. The van der Waals surface area contributed by atoms with Gasteiger partial charge in [-0.25, -0.2) is 4.99 Å². The third-order valence-electron chi connectivity index (χ3n) is 7.70. The molecule has 0 radical (unpaired) electrons. The van der Waals surface area contributed by atoms with E-state index in [0.29, 0.717) is 12.5 Å². The lowest BCUT2D eigenvalue weighted by Gasteiger charge is -2.33. The Balaban J connectivity index is 1.42. The molecule has 1 N–H and O–H groups in total. The molecule has 1 fully saturated rings. The molecule has 0 bridgehead atoms. The highest BCUT2D eigenvalue weighted by molar-refractivity contribution is 7.16. The van der Waals surface area contributed by atoms with Crippen molar-refractivity contribution in [3.63, 3.8) is 0 Å². The summed E-state index contributed by atoms with van der Waals surface area (Å²) in [5.41, 5.74) is 5.84. The zero-order valence-corrected chi connectivity index (χ0v) is 22.7. The number of aryl methyl sites for hydroxylation is 1. The van der Waals surface area contributed by atoms with Gasteiger partial charge < -0.3 is 14.6 Å². The third-order valence-corrected chi connectivity index (χ3v) is 8.86. The second-order valence-electron chi connectivity index (χ2n) is 11.3. The molecule has 0 saturated carbocycles. The minimum Gasteiger partial charge on any atom is -0.467 e. The van der Waals surface area contributed by atoms with Crippen molar-refractivity contribution < 1.29 is 9.21 Å². The van der Waals surface area contributed by atoms with Gasteiger partial charge in [-0.1, -0.05) is 26.8 Å². The molecule has 3 aromatic rings. The number of benzene rings is 1. The molecule has 190 valence electrons. The fourth-order valence-electron chi connectivity index (χ4n) is 5.51. The Kier molecular flexibility index (Phi) is 7.07. The molecular weight excluding hydrogens is 466 g/mol. The summed E-state index contributed by atoms with van der Waals surface area (Å²) in [5, 5.41) is 3.87. The largest absolute Gasteiger partial charge is 0.467 e. The Hall–Kier alpha value is -2.86. The van der Waals surface area contributed by atoms with E-state index in [2.05, 4.69) is 56.1 Å². The highest BCUT2D eigenvalue weighted by Crippen LogP contribution is 2.45. The summed E-state index contributed by atoms with van der Waals surface area (Å²) in [6.07, 6.45) is 9.14. The molecule has 3 heterocycles. The molecule has 1 aliphatic heterocycles. The normalized spacial score (nSPS) is 18.1. The van der Waals surface area contributed by atoms with Crippen LogP contribution in [0.15, 0.2) is 46.0 Å². The number of carbonyl (C=O) groups is 1. The van der Waals surface area contributed by atoms with Crippen LogP contribution in [0.4, 0.5) is 10.7 Å². The Morgan fingerprint density at radius 2 is 2.06 bits per heavy atom. The first-order chi connectivity index (χ1) is 17.3. The average molecular weight is 504 g/mol. The van der Waals surface area contributed by atoms with Gasteiger partial charge in [-0.05, 0) is 91.3 Å². The molecule has 1 aromatic carbocycles. The molecule has 0 spiro atoms. The van der Waals surface area contributed by atoms with Gasteiger partial charge in [0.15, 0.2) is 0 Å². The maximum atomic E-state index is 13.4. The van der Waals surface area contributed by atoms with Crippen LogP contribution in [0.3, 0.4) is 0 Å². The highest BCUT2D eigenvalue weighted by Gasteiger charge is 2.33. The molecule has 6 heteroatoms. The van der Waals surface area contributed by atoms with Crippen LogP contribution in [-0.4, -0.2) is 25.2 Å². The van der Waals surface area contributed by atoms with Gasteiger partial charge in [0, 0.05) is 29.9 Å². The van der Waals surface area contributed by atoms with E-state index < -0.39 is 0 Å². The number of carbonyl (C=O) groups excluding carboxylic acids is 1. The van der Waals surface area contributed by atoms with E-state index in [1.165, 1.54) is 34.5 Å². The number of hydrogen-bond acceptors (Lipinski definition) is 5. The van der Waals surface area contributed by atoms with Gasteiger partial charge in [0.05, 0.1) is 18.4 Å². The smallest absolute Gasteiger partial charge is 0.255 e. The molecule has 1 aliphatic carbocycles. The number of nitrogens with zero attached hydrogens (tertiary/aromatic N) is 2. The molecule has 1 saturated heterocycles. The van der Waals surface area contributed by atoms with Crippen LogP contribution in [0.5, 0.6) is 0 Å². The summed E-state index contributed by atoms with van der Waals surface area (Å²) in [6, 6.07) is 10.3. The topological polar surface area (TPSA) is 57.8 Å². The van der Waals surface area contributed by atoms with Gasteiger partial charge in [-0.15, -0.1) is 11.3 Å². The minimum atomic E-state index is -0.0641. The van der Waals surface area contributed by atoms with Crippen molar-refractivity contribution in [3.8, 4) is 0 Å². The summed E-state index contributed by atoms with van der Waals surface area (Å²) >= 11 is 1.69. The van der Waals surface area contributed by atoms with Crippen molar-refractivity contribution in [1.29, 1.82) is 0 Å². The maximum absolute atomic E-state index is 13.4. The molecular formula is C30H37N3O2S. The second-order valence-corrected chi connectivity index (χ2v) is 12.3. The van der Waals surface area contributed by atoms with Crippen LogP contribution < -0.4 is 10.2 Å². The number of nitrogens with one attached hydrogen (secondary N) is 1. The van der Waals surface area contributed by atoms with Gasteiger partial charge >= 0.3 is 0 Å². The van der Waals surface area contributed by atoms with Gasteiger partial charge in [0.1, 0.15) is 10.8 Å². The van der Waals surface area contributed by atoms with Crippen molar-refractivity contribution in [2.45, 2.75) is 66.3 Å². The number of anilines is 1. The van der Waals surface area contributed by atoms with E-state index in [-0.39, 0.29) is 11.3 Å². The Morgan fingerprint density at radius 3 is 2.75 bits per heavy atom. The molecule has 5 rings (SSSR count). The van der Waals surface area contributed by atoms with E-state index in [4.69, 9.17) is 9.41 Å². The lowest BCUT2D eigenvalue weighted by molar-refractivity contribution is 0.0947. The lowest BCUT2D eigenvalue weighted by atomic mass is 9.72. The number of fused-ring (bicyclic) bond motifs is 1. The molecule has 1 atom stereocenters. The summed E-state index contributed by atoms with van der Waals surface area (Å²) in [6.45, 7) is 11.8. The molecule has 1 amide bonds. The molecule has 36 heavy (non-hydrogen) atoms. The van der Waals surface area contributed by atoms with E-state index >= 15 is 0 Å². The van der Waals surface area contributed by atoms with Crippen LogP contribution in [-0.2, 0) is 19.4 Å². The van der Waals surface area contributed by atoms with Gasteiger partial charge in [-0.3, -0.25) is 4.79 Å². The molecule has 5 nitrogen and oxygen atoms in total. The highest BCUT2D eigenvalue weighted by atomic mass is 32.1. The standard InChI is InChI=1S/C30H37N3O2S/c1-20-16-21(9-12-25(20)33-13-5-6-14-33)18-32-29-27(28(34)31-19-23-8-7-15-35-23)24-11-10-22(30(2,3)4)17-26(24)36-29/h7-9,12,15-16,18,22H,5-6,10-11,13-14,17,19H2,1-4H3,(H,31,34)/t22-/m1/s1. The van der Waals surface area contributed by atoms with E-state index in [9.17, 15) is 4.79 Å². The summed E-state index contributed by atoms with van der Waals surface area (Å²) in [7, 11) is 0. The summed E-state index contributed by atoms with van der Waals surface area (Å²) < 4.78 is 5.41. The predicted molar refractivity (Wildman–Crippen MR) is 149 cm³/mol. The monoisotopic (exact) mass is 503 g/mol. The first-order valence-corrected chi connectivity index (χ1v) is 14.0. The van der Waals surface area contributed by atoms with Crippen molar-refractivity contribution in [3.05, 3.63) is 69.5 Å². The zero-order chi connectivity index (χ0) is 25.3. The van der Waals surface area contributed by atoms with Crippen molar-refractivity contribution in [1.82, 2.24) is 5.32 Å². The van der Waals surface area contributed by atoms with Gasteiger partial charge in [0.2, 0.25) is 0 Å². The average Bonchev–Trinajstić information content (AvgIpc) is 3.61. The number of aliphatic imine (C=N–C) groups is 1. The number of amides is 1. The van der Waals surface area contributed by atoms with Crippen molar-refractivity contribution in [2.75, 3.05) is 18.0 Å². The van der Waals surface area contributed by atoms with Crippen LogP contribution in [0.1, 0.15) is 77.7 Å². The quantitative estimate of drug-likeness (QED) is 0.366. The van der Waals surface area contributed by atoms with Crippen LogP contribution in [0, 0.1) is 18.3 Å². The lowest BCUT2D eigenvalue weighted by Crippen LogP contribution is -2.28. The number of thiophene rings is 1. The molecule has 0 unspecified atom stereocenters. The first-order valence-electron chi connectivity index (χ1n) is 13.1. The first kappa shape index (κ1) is 24.8. The van der Waals surface area contributed by atoms with Crippen LogP contribution in [0.25, 0.3) is 0 Å². The molecule has 2 aliphatic rings. The number of rotatable bonds is 6. The fourth-order valence-corrected chi connectivity index (χ4v) is 6.78. The van der Waals surface area contributed by atoms with Crippen molar-refractivity contribution in [2.24, 2.45) is 16.3 Å². The maximum Gasteiger partial charge on any atom is 0.255 e. The van der Waals surface area contributed by atoms with Gasteiger partial charge in [-0.2, -0.15) is 0 Å². The van der Waals surface area contributed by atoms with Crippen LogP contribution >= 0.6 is 11.3 Å². The third kappa shape index (κ3) is 5.29. The zero-order valence-electron chi connectivity index (χ0n) is 21.9. The van der Waals surface area contributed by atoms with E-state index in [1.807, 2.05) is 18.3 Å². The van der Waals surface area contributed by atoms with E-state index in [1.54, 1.807) is 17.6 Å². The Bertz CT molecular complexity index is 1240. The Labute approximate surface area is 218 Å². The van der Waals surface area contributed by atoms with Gasteiger partial charge in [0.25, 0.3) is 5.91 Å². The predicted octanol–water partition coefficient (Wildman–Crippen LogP) is 7.08. The summed E-state index contributed by atoms with van der Waals surface area (Å²) in [5.74, 6) is 1.30. The van der Waals surface area contributed by atoms with Crippen LogP contribution in [0.2, 0.25) is 0 Å². The van der Waals surface area contributed by atoms with Crippen molar-refractivity contribution >= 4 is 34.1 Å². The Morgan fingerprint density at radius 1 is 1.25 bits per heavy atom.